The molecule has 1 fully saturated rings. The fraction of sp³-hybridized carbons (Fsp3) is 0.875. The molecular weight excluding hydrogens is 140 g/mol. The van der Waals surface area contributed by atoms with Gasteiger partial charge in [-0.05, 0) is 26.2 Å². The molecule has 0 aromatic rings. The molecule has 0 aliphatic heterocycles. The third-order valence-corrected chi connectivity index (χ3v) is 2.22. The van der Waals surface area contributed by atoms with E-state index < -0.39 is 0 Å². The Hall–Kier alpha value is -0.730. The molecule has 1 radical (unpaired) electrons. The third-order valence-electron chi connectivity index (χ3n) is 2.22. The summed E-state index contributed by atoms with van der Waals surface area (Å²) in [4.78, 5) is 12.9. The minimum absolute atomic E-state index is 0.0581. The summed E-state index contributed by atoms with van der Waals surface area (Å²) >= 11 is 0. The lowest BCUT2D eigenvalue weighted by Gasteiger charge is -2.33. The Kier molecular flexibility index (Phi) is 2.74. The van der Waals surface area contributed by atoms with Crippen LogP contribution in [-0.2, 0) is 0 Å². The van der Waals surface area contributed by atoms with Gasteiger partial charge in [-0.1, -0.05) is 0 Å². The molecule has 63 valence electrons. The van der Waals surface area contributed by atoms with Crippen LogP contribution in [0.3, 0.4) is 0 Å². The summed E-state index contributed by atoms with van der Waals surface area (Å²) in [6.45, 7) is 2.47. The van der Waals surface area contributed by atoms with Crippen molar-refractivity contribution in [1.29, 1.82) is 0 Å². The van der Waals surface area contributed by atoms with Crippen molar-refractivity contribution in [2.24, 2.45) is 0 Å². The molecule has 0 saturated heterocycles. The van der Waals surface area contributed by atoms with Crippen LogP contribution >= 0.6 is 0 Å². The largest absolute Gasteiger partial charge is 0.338 e. The van der Waals surface area contributed by atoms with Crippen molar-refractivity contribution >= 4 is 6.03 Å². The van der Waals surface area contributed by atoms with Crippen LogP contribution in [0.4, 0.5) is 4.79 Å². The molecule has 1 rings (SSSR count). The lowest BCUT2D eigenvalue weighted by molar-refractivity contribution is 0.157. The Morgan fingerprint density at radius 1 is 1.64 bits per heavy atom. The fourth-order valence-electron chi connectivity index (χ4n) is 1.18. The van der Waals surface area contributed by atoms with E-state index >= 15 is 0 Å². The summed E-state index contributed by atoms with van der Waals surface area (Å²) in [5.41, 5.74) is 0. The molecule has 3 heteroatoms. The molecule has 3 nitrogen and oxygen atoms in total. The van der Waals surface area contributed by atoms with Crippen LogP contribution in [0.25, 0.3) is 0 Å². The van der Waals surface area contributed by atoms with Crippen LogP contribution < -0.4 is 5.32 Å². The molecule has 0 aromatic carbocycles. The van der Waals surface area contributed by atoms with Gasteiger partial charge in [0.25, 0.3) is 0 Å². The zero-order valence-electron chi connectivity index (χ0n) is 7.21. The summed E-state index contributed by atoms with van der Waals surface area (Å²) in [7, 11) is 1.84. The summed E-state index contributed by atoms with van der Waals surface area (Å²) in [5.74, 6) is 0. The van der Waals surface area contributed by atoms with E-state index in [1.165, 1.54) is 6.42 Å². The molecule has 0 aromatic heterocycles. The summed E-state index contributed by atoms with van der Waals surface area (Å²) in [5, 5.41) is 3.81. The average molecular weight is 155 g/mol. The van der Waals surface area contributed by atoms with Crippen molar-refractivity contribution in [1.82, 2.24) is 10.2 Å². The molecule has 0 N–H and O–H groups in total. The summed E-state index contributed by atoms with van der Waals surface area (Å²) in [6.07, 6.45) is 3.57. The Morgan fingerprint density at radius 2 is 2.27 bits per heavy atom. The lowest BCUT2D eigenvalue weighted by atomic mass is 9.92. The molecule has 0 spiro atoms. The number of carbonyl (C=O) groups excluding carboxylic acids is 1. The van der Waals surface area contributed by atoms with Gasteiger partial charge in [-0.3, -0.25) is 0 Å². The second-order valence-electron chi connectivity index (χ2n) is 2.95. The van der Waals surface area contributed by atoms with Crippen LogP contribution in [0.2, 0.25) is 0 Å². The van der Waals surface area contributed by atoms with Crippen molar-refractivity contribution in [3.05, 3.63) is 0 Å². The number of nitrogens with zero attached hydrogens (tertiary/aromatic N) is 2. The molecule has 1 saturated carbocycles. The highest BCUT2D eigenvalue weighted by Gasteiger charge is 2.25. The second-order valence-corrected chi connectivity index (χ2v) is 2.95. The number of carbonyl (C=O) groups is 1. The van der Waals surface area contributed by atoms with E-state index in [-0.39, 0.29) is 6.03 Å². The van der Waals surface area contributed by atoms with Gasteiger partial charge in [0, 0.05) is 19.6 Å². The number of hydrogen-bond donors (Lipinski definition) is 0. The first-order chi connectivity index (χ1) is 5.25. The highest BCUT2D eigenvalue weighted by molar-refractivity contribution is 5.73. The zero-order valence-corrected chi connectivity index (χ0v) is 7.21. The molecule has 1 aliphatic carbocycles. The van der Waals surface area contributed by atoms with E-state index in [0.29, 0.717) is 12.6 Å². The van der Waals surface area contributed by atoms with Crippen LogP contribution in [0.1, 0.15) is 26.2 Å². The molecule has 0 unspecified atom stereocenters. The topological polar surface area (TPSA) is 34.4 Å². The maximum Gasteiger partial charge on any atom is 0.338 e. The fourth-order valence-corrected chi connectivity index (χ4v) is 1.18. The van der Waals surface area contributed by atoms with Crippen molar-refractivity contribution in [2.45, 2.75) is 32.2 Å². The molecular formula is C8H15N2O. The van der Waals surface area contributed by atoms with Crippen LogP contribution in [0.5, 0.6) is 0 Å². The first-order valence-electron chi connectivity index (χ1n) is 4.20. The monoisotopic (exact) mass is 155 g/mol. The van der Waals surface area contributed by atoms with Gasteiger partial charge in [-0.25, -0.2) is 10.1 Å². The van der Waals surface area contributed by atoms with Gasteiger partial charge in [0.1, 0.15) is 0 Å². The normalized spacial score (nSPS) is 17.3. The van der Waals surface area contributed by atoms with E-state index in [1.807, 2.05) is 14.0 Å². The van der Waals surface area contributed by atoms with Crippen LogP contribution in [0.15, 0.2) is 0 Å². The lowest BCUT2D eigenvalue weighted by Crippen LogP contribution is -2.44. The van der Waals surface area contributed by atoms with Gasteiger partial charge in [-0.2, -0.15) is 0 Å². The van der Waals surface area contributed by atoms with Crippen molar-refractivity contribution < 1.29 is 4.79 Å². The van der Waals surface area contributed by atoms with Gasteiger partial charge >= 0.3 is 6.03 Å². The maximum absolute atomic E-state index is 11.1. The summed E-state index contributed by atoms with van der Waals surface area (Å²) < 4.78 is 0. The van der Waals surface area contributed by atoms with Crippen molar-refractivity contribution in [3.8, 4) is 0 Å². The number of amides is 2. The Morgan fingerprint density at radius 3 is 2.64 bits per heavy atom. The maximum atomic E-state index is 11.1. The predicted molar refractivity (Wildman–Crippen MR) is 43.5 cm³/mol. The smallest absolute Gasteiger partial charge is 0.323 e. The van der Waals surface area contributed by atoms with Crippen LogP contribution in [0, 0.1) is 0 Å². The third kappa shape index (κ3) is 1.85. The van der Waals surface area contributed by atoms with E-state index in [9.17, 15) is 4.79 Å². The van der Waals surface area contributed by atoms with E-state index in [4.69, 9.17) is 0 Å². The highest BCUT2D eigenvalue weighted by Crippen LogP contribution is 2.23. The molecule has 0 atom stereocenters. The first-order valence-corrected chi connectivity index (χ1v) is 4.20. The standard InChI is InChI=1S/C8H15N2O/c1-3-9-8(11)10(2)7-5-4-6-7/h7H,3-6H2,1-2H3. The molecule has 0 heterocycles. The van der Waals surface area contributed by atoms with Gasteiger partial charge in [0.05, 0.1) is 0 Å². The van der Waals surface area contributed by atoms with Gasteiger partial charge < -0.3 is 4.90 Å². The van der Waals surface area contributed by atoms with Crippen LogP contribution in [-0.4, -0.2) is 30.6 Å². The van der Waals surface area contributed by atoms with E-state index in [0.717, 1.165) is 12.8 Å². The van der Waals surface area contributed by atoms with Crippen molar-refractivity contribution in [2.75, 3.05) is 13.6 Å². The van der Waals surface area contributed by atoms with E-state index in [2.05, 4.69) is 5.32 Å². The SMILES string of the molecule is CC[N]C(=O)N(C)C1CCC1. The van der Waals surface area contributed by atoms with Gasteiger partial charge in [0.15, 0.2) is 0 Å². The van der Waals surface area contributed by atoms with Gasteiger partial charge in [0.2, 0.25) is 0 Å². The minimum Gasteiger partial charge on any atom is -0.323 e. The number of urea groups is 1. The molecule has 0 bridgehead atoms. The number of hydrogen-bond acceptors (Lipinski definition) is 1. The average Bonchev–Trinajstić information content (AvgIpc) is 1.84. The second kappa shape index (κ2) is 3.60. The summed E-state index contributed by atoms with van der Waals surface area (Å²) in [6, 6.07) is 0.412. The minimum atomic E-state index is -0.0581. The Balaban J connectivity index is 2.27. The highest BCUT2D eigenvalue weighted by atomic mass is 16.2. The molecule has 11 heavy (non-hydrogen) atoms. The molecule has 1 aliphatic rings. The van der Waals surface area contributed by atoms with E-state index in [1.54, 1.807) is 4.90 Å². The Bertz CT molecular complexity index is 143. The number of rotatable bonds is 2. The Labute approximate surface area is 67.8 Å². The van der Waals surface area contributed by atoms with Crippen molar-refractivity contribution in [3.63, 3.8) is 0 Å². The quantitative estimate of drug-likeness (QED) is 0.590. The van der Waals surface area contributed by atoms with Gasteiger partial charge in [-0.15, -0.1) is 0 Å². The predicted octanol–water partition coefficient (Wildman–Crippen LogP) is 1.22. The molecule has 2 amide bonds. The first kappa shape index (κ1) is 8.37. The zero-order chi connectivity index (χ0) is 8.27.